The Bertz CT molecular complexity index is 93.6. The van der Waals surface area contributed by atoms with Gasteiger partial charge in [-0.25, -0.2) is 0 Å². The van der Waals surface area contributed by atoms with Gasteiger partial charge in [0.1, 0.15) is 0 Å². The van der Waals surface area contributed by atoms with Crippen molar-refractivity contribution in [1.82, 2.24) is 5.32 Å². The van der Waals surface area contributed by atoms with E-state index in [1.165, 1.54) is 0 Å². The number of nitrogens with one attached hydrogen (secondary N) is 1. The Morgan fingerprint density at radius 1 is 1.44 bits per heavy atom. The number of rotatable bonds is 2. The van der Waals surface area contributed by atoms with E-state index < -0.39 is 0 Å². The van der Waals surface area contributed by atoms with Crippen molar-refractivity contribution in [2.75, 3.05) is 7.05 Å². The zero-order valence-electron chi connectivity index (χ0n) is 6.49. The fourth-order valence-corrected chi connectivity index (χ4v) is 0.669. The van der Waals surface area contributed by atoms with E-state index in [4.69, 9.17) is 0 Å². The summed E-state index contributed by atoms with van der Waals surface area (Å²) < 4.78 is 0. The molecule has 1 radical (unpaired) electrons. The first-order valence-corrected chi connectivity index (χ1v) is 3.07. The largest absolute Gasteiger partial charge is 0.310 e. The van der Waals surface area contributed by atoms with Gasteiger partial charge in [0.25, 0.3) is 0 Å². The third-order valence-corrected chi connectivity index (χ3v) is 1.27. The number of carbonyl (C=O) groups excluding carboxylic acids is 1. The van der Waals surface area contributed by atoms with Crippen LogP contribution in [0, 0.1) is 5.41 Å². The molecule has 0 aromatic carbocycles. The van der Waals surface area contributed by atoms with Gasteiger partial charge in [-0.1, -0.05) is 20.8 Å². The van der Waals surface area contributed by atoms with Crippen LogP contribution in [0.4, 0.5) is 0 Å². The molecule has 0 fully saturated rings. The smallest absolute Gasteiger partial charge is 0.217 e. The fraction of sp³-hybridized carbons (Fsp3) is 0.857. The molecule has 0 saturated heterocycles. The normalized spacial score (nSPS) is 15.1. The molecule has 0 aliphatic heterocycles. The van der Waals surface area contributed by atoms with E-state index in [1.54, 1.807) is 7.05 Å². The molecule has 2 nitrogen and oxygen atoms in total. The van der Waals surface area contributed by atoms with Crippen LogP contribution in [-0.2, 0) is 4.79 Å². The Labute approximate surface area is 56.6 Å². The zero-order chi connectivity index (χ0) is 7.49. The van der Waals surface area contributed by atoms with Gasteiger partial charge in [-0.05, 0) is 12.5 Å². The second-order valence-electron chi connectivity index (χ2n) is 3.21. The van der Waals surface area contributed by atoms with E-state index in [9.17, 15) is 4.79 Å². The Hall–Kier alpha value is -0.370. The lowest BCUT2D eigenvalue weighted by Gasteiger charge is -2.24. The summed E-state index contributed by atoms with van der Waals surface area (Å²) in [4.78, 5) is 10.2. The molecular weight excluding hydrogens is 114 g/mol. The third-order valence-electron chi connectivity index (χ3n) is 1.27. The summed E-state index contributed by atoms with van der Waals surface area (Å²) in [6.45, 7) is 6.00. The summed E-state index contributed by atoms with van der Waals surface area (Å²) in [6.07, 6.45) is 1.93. The molecule has 1 N–H and O–H groups in total. The first-order valence-electron chi connectivity index (χ1n) is 3.07. The van der Waals surface area contributed by atoms with Crippen LogP contribution >= 0.6 is 0 Å². The molecule has 0 spiro atoms. The minimum Gasteiger partial charge on any atom is -0.310 e. The molecule has 0 aromatic rings. The van der Waals surface area contributed by atoms with Crippen molar-refractivity contribution in [3.05, 3.63) is 0 Å². The van der Waals surface area contributed by atoms with Crippen molar-refractivity contribution < 1.29 is 4.79 Å². The second-order valence-corrected chi connectivity index (χ2v) is 3.21. The van der Waals surface area contributed by atoms with Crippen molar-refractivity contribution in [3.63, 3.8) is 0 Å². The van der Waals surface area contributed by atoms with Crippen molar-refractivity contribution in [2.24, 2.45) is 5.41 Å². The maximum Gasteiger partial charge on any atom is 0.217 e. The van der Waals surface area contributed by atoms with Crippen LogP contribution < -0.4 is 5.32 Å². The summed E-state index contributed by atoms with van der Waals surface area (Å²) in [5, 5.41) is 2.87. The van der Waals surface area contributed by atoms with Gasteiger partial charge in [0.05, 0.1) is 6.04 Å². The lowest BCUT2D eigenvalue weighted by atomic mass is 9.88. The zero-order valence-corrected chi connectivity index (χ0v) is 6.49. The standard InChI is InChI=1S/C7H14NO/c1-7(2,3)6(5-9)8-4/h6,8H,1-4H3. The molecule has 0 aliphatic rings. The van der Waals surface area contributed by atoms with Gasteiger partial charge in [0.2, 0.25) is 6.29 Å². The quantitative estimate of drug-likeness (QED) is 0.594. The molecule has 0 bridgehead atoms. The molecule has 53 valence electrons. The van der Waals surface area contributed by atoms with Crippen LogP contribution in [0.1, 0.15) is 20.8 Å². The molecule has 0 saturated carbocycles. The van der Waals surface area contributed by atoms with Crippen LogP contribution in [0.5, 0.6) is 0 Å². The number of hydrogen-bond donors (Lipinski definition) is 1. The van der Waals surface area contributed by atoms with Crippen molar-refractivity contribution in [2.45, 2.75) is 26.8 Å². The Morgan fingerprint density at radius 3 is 1.89 bits per heavy atom. The molecule has 0 amide bonds. The van der Waals surface area contributed by atoms with Crippen molar-refractivity contribution in [1.29, 1.82) is 0 Å². The Kier molecular flexibility index (Phi) is 2.85. The highest BCUT2D eigenvalue weighted by Crippen LogP contribution is 2.16. The average molecular weight is 128 g/mol. The number of likely N-dealkylation sites (N-methyl/N-ethyl adjacent to an activating group) is 1. The molecule has 0 rings (SSSR count). The predicted molar refractivity (Wildman–Crippen MR) is 38.0 cm³/mol. The van der Waals surface area contributed by atoms with E-state index in [0.717, 1.165) is 0 Å². The van der Waals surface area contributed by atoms with Crippen LogP contribution in [0.3, 0.4) is 0 Å². The molecule has 9 heavy (non-hydrogen) atoms. The van der Waals surface area contributed by atoms with E-state index in [2.05, 4.69) is 5.32 Å². The average Bonchev–Trinajstić information content (AvgIpc) is 1.65. The van der Waals surface area contributed by atoms with Gasteiger partial charge in [-0.3, -0.25) is 4.79 Å². The van der Waals surface area contributed by atoms with Crippen LogP contribution in [0.2, 0.25) is 0 Å². The van der Waals surface area contributed by atoms with Crippen molar-refractivity contribution in [3.8, 4) is 0 Å². The minimum atomic E-state index is -0.155. The minimum absolute atomic E-state index is 0.0174. The van der Waals surface area contributed by atoms with Crippen LogP contribution in [0.15, 0.2) is 0 Å². The predicted octanol–water partition coefficient (Wildman–Crippen LogP) is 0.730. The van der Waals surface area contributed by atoms with E-state index in [-0.39, 0.29) is 11.5 Å². The fourth-order valence-electron chi connectivity index (χ4n) is 0.669. The van der Waals surface area contributed by atoms with Crippen LogP contribution in [0.25, 0.3) is 0 Å². The molecule has 0 aliphatic carbocycles. The van der Waals surface area contributed by atoms with Gasteiger partial charge < -0.3 is 5.32 Å². The molecule has 0 aromatic heterocycles. The van der Waals surface area contributed by atoms with Gasteiger partial charge in [-0.2, -0.15) is 0 Å². The summed E-state index contributed by atoms with van der Waals surface area (Å²) in [6, 6.07) is -0.155. The monoisotopic (exact) mass is 128 g/mol. The summed E-state index contributed by atoms with van der Waals surface area (Å²) in [5.41, 5.74) is -0.0174. The second kappa shape index (κ2) is 2.97. The van der Waals surface area contributed by atoms with Gasteiger partial charge >= 0.3 is 0 Å². The van der Waals surface area contributed by atoms with Gasteiger partial charge in [0.15, 0.2) is 0 Å². The maximum absolute atomic E-state index is 10.2. The van der Waals surface area contributed by atoms with E-state index >= 15 is 0 Å². The summed E-state index contributed by atoms with van der Waals surface area (Å²) in [5.74, 6) is 0. The van der Waals surface area contributed by atoms with Gasteiger partial charge in [0, 0.05) is 0 Å². The summed E-state index contributed by atoms with van der Waals surface area (Å²) in [7, 11) is 1.76. The lowest BCUT2D eigenvalue weighted by molar-refractivity contribution is 0.334. The SMILES string of the molecule is CNC([C]=O)C(C)(C)C. The Balaban J connectivity index is 3.94. The molecule has 1 atom stereocenters. The topological polar surface area (TPSA) is 29.1 Å². The molecule has 1 unspecified atom stereocenters. The number of hydrogen-bond acceptors (Lipinski definition) is 2. The van der Waals surface area contributed by atoms with E-state index in [0.29, 0.717) is 0 Å². The van der Waals surface area contributed by atoms with Crippen molar-refractivity contribution >= 4 is 6.29 Å². The molecule has 2 heteroatoms. The summed E-state index contributed by atoms with van der Waals surface area (Å²) >= 11 is 0. The van der Waals surface area contributed by atoms with Gasteiger partial charge in [-0.15, -0.1) is 0 Å². The first-order chi connectivity index (χ1) is 4.02. The third kappa shape index (κ3) is 2.61. The highest BCUT2D eigenvalue weighted by Gasteiger charge is 2.22. The Morgan fingerprint density at radius 2 is 1.89 bits per heavy atom. The van der Waals surface area contributed by atoms with E-state index in [1.807, 2.05) is 27.1 Å². The van der Waals surface area contributed by atoms with Crippen LogP contribution in [-0.4, -0.2) is 19.4 Å². The molecular formula is C7H14NO. The maximum atomic E-state index is 10.2. The lowest BCUT2D eigenvalue weighted by Crippen LogP contribution is -2.39. The first kappa shape index (κ1) is 8.63. The highest BCUT2D eigenvalue weighted by molar-refractivity contribution is 5.59. The molecule has 0 heterocycles. The highest BCUT2D eigenvalue weighted by atomic mass is 16.1.